The average Bonchev–Trinajstić information content (AvgIpc) is 2.90. The van der Waals surface area contributed by atoms with Gasteiger partial charge in [0.25, 0.3) is 0 Å². The fraction of sp³-hybridized carbons (Fsp3) is 0.188. The number of hydrogen-bond donors (Lipinski definition) is 3. The monoisotopic (exact) mass is 321 g/mol. The molecule has 4 nitrogen and oxygen atoms in total. The van der Waals surface area contributed by atoms with Crippen molar-refractivity contribution in [1.82, 2.24) is 9.97 Å². The van der Waals surface area contributed by atoms with Gasteiger partial charge in [-0.25, -0.2) is 0 Å². The molecule has 2 heterocycles. The SMILES string of the molecule is OC(Cc1ccc(C(F)(F)F)cc1)Nc1c[nH]c2cccnc12. The van der Waals surface area contributed by atoms with Gasteiger partial charge in [0.15, 0.2) is 0 Å². The number of benzene rings is 1. The molecular formula is C16H14F3N3O. The number of alkyl halides is 3. The van der Waals surface area contributed by atoms with Crippen LogP contribution in [0.4, 0.5) is 18.9 Å². The van der Waals surface area contributed by atoms with E-state index in [1.54, 1.807) is 18.5 Å². The van der Waals surface area contributed by atoms with Crippen LogP contribution in [0.15, 0.2) is 48.8 Å². The quantitative estimate of drug-likeness (QED) is 0.644. The lowest BCUT2D eigenvalue weighted by Crippen LogP contribution is -2.21. The lowest BCUT2D eigenvalue weighted by atomic mass is 10.1. The van der Waals surface area contributed by atoms with Gasteiger partial charge in [0, 0.05) is 18.8 Å². The molecule has 0 amide bonds. The van der Waals surface area contributed by atoms with Gasteiger partial charge in [-0.2, -0.15) is 13.2 Å². The third-order valence-electron chi connectivity index (χ3n) is 3.47. The van der Waals surface area contributed by atoms with Gasteiger partial charge in [0.2, 0.25) is 0 Å². The van der Waals surface area contributed by atoms with E-state index in [0.717, 1.165) is 17.6 Å². The minimum atomic E-state index is -4.36. The number of halogens is 3. The van der Waals surface area contributed by atoms with Gasteiger partial charge in [-0.15, -0.1) is 0 Å². The number of H-pyrrole nitrogens is 1. The second-order valence-electron chi connectivity index (χ2n) is 5.16. The van der Waals surface area contributed by atoms with Gasteiger partial charge in [0.1, 0.15) is 11.7 Å². The number of anilines is 1. The summed E-state index contributed by atoms with van der Waals surface area (Å²) in [6.45, 7) is 0. The summed E-state index contributed by atoms with van der Waals surface area (Å²) in [4.78, 5) is 7.23. The first-order valence-electron chi connectivity index (χ1n) is 6.96. The number of pyridine rings is 1. The molecule has 3 rings (SSSR count). The summed E-state index contributed by atoms with van der Waals surface area (Å²) < 4.78 is 37.5. The van der Waals surface area contributed by atoms with E-state index in [-0.39, 0.29) is 6.42 Å². The molecule has 3 aromatic rings. The van der Waals surface area contributed by atoms with Crippen molar-refractivity contribution < 1.29 is 18.3 Å². The van der Waals surface area contributed by atoms with E-state index in [1.807, 2.05) is 6.07 Å². The maximum absolute atomic E-state index is 12.5. The first-order valence-corrected chi connectivity index (χ1v) is 6.96. The van der Waals surface area contributed by atoms with Crippen molar-refractivity contribution in [2.45, 2.75) is 18.8 Å². The Kier molecular flexibility index (Phi) is 3.96. The Labute approximate surface area is 130 Å². The third kappa shape index (κ3) is 3.45. The zero-order valence-corrected chi connectivity index (χ0v) is 11.9. The number of nitrogens with zero attached hydrogens (tertiary/aromatic N) is 1. The molecular weight excluding hydrogens is 307 g/mol. The van der Waals surface area contributed by atoms with Crippen LogP contribution >= 0.6 is 0 Å². The topological polar surface area (TPSA) is 60.9 Å². The Balaban J connectivity index is 1.68. The summed E-state index contributed by atoms with van der Waals surface area (Å²) in [5.41, 5.74) is 2.06. The Morgan fingerprint density at radius 2 is 1.91 bits per heavy atom. The highest BCUT2D eigenvalue weighted by molar-refractivity contribution is 5.88. The molecule has 0 saturated carbocycles. The van der Waals surface area contributed by atoms with Crippen LogP contribution in [0.5, 0.6) is 0 Å². The first kappa shape index (κ1) is 15.4. The van der Waals surface area contributed by atoms with E-state index in [0.29, 0.717) is 16.8 Å². The predicted octanol–water partition coefficient (Wildman–Crippen LogP) is 3.55. The zero-order valence-electron chi connectivity index (χ0n) is 11.9. The van der Waals surface area contributed by atoms with Crippen LogP contribution in [0, 0.1) is 0 Å². The summed E-state index contributed by atoms with van der Waals surface area (Å²) in [6.07, 6.45) is -1.78. The van der Waals surface area contributed by atoms with Crippen LogP contribution in [-0.4, -0.2) is 21.3 Å². The van der Waals surface area contributed by atoms with Crippen LogP contribution in [0.2, 0.25) is 0 Å². The largest absolute Gasteiger partial charge is 0.416 e. The summed E-state index contributed by atoms with van der Waals surface area (Å²) in [7, 11) is 0. The van der Waals surface area contributed by atoms with Crippen LogP contribution in [0.25, 0.3) is 11.0 Å². The molecule has 120 valence electrons. The highest BCUT2D eigenvalue weighted by Gasteiger charge is 2.29. The third-order valence-corrected chi connectivity index (χ3v) is 3.47. The van der Waals surface area contributed by atoms with Crippen molar-refractivity contribution in [3.05, 3.63) is 59.9 Å². The number of aromatic nitrogens is 2. The standard InChI is InChI=1S/C16H14F3N3O/c17-16(18,19)11-5-3-10(4-6-11)8-14(23)22-13-9-21-12-2-1-7-20-15(12)13/h1-7,9,14,21-23H,8H2. The average molecular weight is 321 g/mol. The van der Waals surface area contributed by atoms with Crippen molar-refractivity contribution in [3.63, 3.8) is 0 Å². The molecule has 1 atom stereocenters. The van der Waals surface area contributed by atoms with Gasteiger partial charge in [-0.05, 0) is 29.8 Å². The number of nitrogens with one attached hydrogen (secondary N) is 2. The second-order valence-corrected chi connectivity index (χ2v) is 5.16. The Hall–Kier alpha value is -2.54. The molecule has 0 bridgehead atoms. The van der Waals surface area contributed by atoms with Gasteiger partial charge in [-0.3, -0.25) is 4.98 Å². The van der Waals surface area contributed by atoms with Crippen LogP contribution in [0.3, 0.4) is 0 Å². The summed E-state index contributed by atoms with van der Waals surface area (Å²) >= 11 is 0. The summed E-state index contributed by atoms with van der Waals surface area (Å²) in [6, 6.07) is 8.39. The molecule has 0 aliphatic carbocycles. The van der Waals surface area contributed by atoms with Crippen molar-refractivity contribution in [3.8, 4) is 0 Å². The van der Waals surface area contributed by atoms with Crippen molar-refractivity contribution in [1.29, 1.82) is 0 Å². The smallest absolute Gasteiger partial charge is 0.373 e. The zero-order chi connectivity index (χ0) is 16.4. The number of aliphatic hydroxyl groups excluding tert-OH is 1. The van der Waals surface area contributed by atoms with Crippen LogP contribution in [0.1, 0.15) is 11.1 Å². The summed E-state index contributed by atoms with van der Waals surface area (Å²) in [5.74, 6) is 0. The molecule has 3 N–H and O–H groups in total. The molecule has 1 unspecified atom stereocenters. The highest BCUT2D eigenvalue weighted by Crippen LogP contribution is 2.29. The molecule has 7 heteroatoms. The fourth-order valence-corrected chi connectivity index (χ4v) is 2.35. The summed E-state index contributed by atoms with van der Waals surface area (Å²) in [5, 5.41) is 13.0. The molecule has 0 saturated heterocycles. The Morgan fingerprint density at radius 1 is 1.17 bits per heavy atom. The molecule has 0 spiro atoms. The molecule has 0 fully saturated rings. The normalized spacial score (nSPS) is 13.2. The fourth-order valence-electron chi connectivity index (χ4n) is 2.35. The maximum Gasteiger partial charge on any atom is 0.416 e. The minimum absolute atomic E-state index is 0.178. The lowest BCUT2D eigenvalue weighted by molar-refractivity contribution is -0.137. The minimum Gasteiger partial charge on any atom is -0.373 e. The lowest BCUT2D eigenvalue weighted by Gasteiger charge is -2.14. The molecule has 0 aliphatic heterocycles. The number of hydrogen-bond acceptors (Lipinski definition) is 3. The van der Waals surface area contributed by atoms with E-state index in [1.165, 1.54) is 12.1 Å². The highest BCUT2D eigenvalue weighted by atomic mass is 19.4. The molecule has 0 aliphatic rings. The van der Waals surface area contributed by atoms with E-state index in [4.69, 9.17) is 0 Å². The maximum atomic E-state index is 12.5. The van der Waals surface area contributed by atoms with E-state index >= 15 is 0 Å². The van der Waals surface area contributed by atoms with Gasteiger partial charge < -0.3 is 15.4 Å². The molecule has 2 aromatic heterocycles. The van der Waals surface area contributed by atoms with Crippen LogP contribution < -0.4 is 5.32 Å². The van der Waals surface area contributed by atoms with Gasteiger partial charge >= 0.3 is 6.18 Å². The number of aromatic amines is 1. The van der Waals surface area contributed by atoms with Crippen molar-refractivity contribution >= 4 is 16.7 Å². The number of rotatable bonds is 4. The predicted molar refractivity (Wildman–Crippen MR) is 80.9 cm³/mol. The van der Waals surface area contributed by atoms with Gasteiger partial charge in [0.05, 0.1) is 16.8 Å². The van der Waals surface area contributed by atoms with E-state index in [2.05, 4.69) is 15.3 Å². The Morgan fingerprint density at radius 3 is 2.61 bits per heavy atom. The molecule has 1 aromatic carbocycles. The first-order chi connectivity index (χ1) is 10.9. The second kappa shape index (κ2) is 5.92. The molecule has 23 heavy (non-hydrogen) atoms. The van der Waals surface area contributed by atoms with Gasteiger partial charge in [-0.1, -0.05) is 12.1 Å². The Bertz CT molecular complexity index is 796. The van der Waals surface area contributed by atoms with Crippen molar-refractivity contribution in [2.75, 3.05) is 5.32 Å². The number of fused-ring (bicyclic) bond motifs is 1. The van der Waals surface area contributed by atoms with Crippen LogP contribution in [-0.2, 0) is 12.6 Å². The van der Waals surface area contributed by atoms with Crippen molar-refractivity contribution in [2.24, 2.45) is 0 Å². The van der Waals surface area contributed by atoms with E-state index < -0.39 is 18.0 Å². The molecule has 0 radical (unpaired) electrons. The number of aliphatic hydroxyl groups is 1. The van der Waals surface area contributed by atoms with E-state index in [9.17, 15) is 18.3 Å².